The van der Waals surface area contributed by atoms with Gasteiger partial charge in [0.2, 0.25) is 11.9 Å². The molecule has 0 aliphatic rings. The van der Waals surface area contributed by atoms with E-state index < -0.39 is 0 Å². The first kappa shape index (κ1) is 21.2. The van der Waals surface area contributed by atoms with Crippen LogP contribution in [0, 0.1) is 27.7 Å². The Balaban J connectivity index is 1.77. The monoisotopic (exact) mass is 427 g/mol. The molecular weight excluding hydrogens is 402 g/mol. The lowest BCUT2D eigenvalue weighted by Gasteiger charge is -2.15. The SMILES string of the molecule is Cc1ccc(C)c(NC(=O)Cn2c(-n3nc(C)cc3C)nc(-c3ccccc3)cc2=O)c1. The molecule has 0 saturated carbocycles. The largest absolute Gasteiger partial charge is 0.324 e. The minimum absolute atomic E-state index is 0.179. The summed E-state index contributed by atoms with van der Waals surface area (Å²) in [6.45, 7) is 7.48. The van der Waals surface area contributed by atoms with Gasteiger partial charge in [-0.25, -0.2) is 9.67 Å². The van der Waals surface area contributed by atoms with Crippen LogP contribution in [0.2, 0.25) is 0 Å². The van der Waals surface area contributed by atoms with E-state index in [1.165, 1.54) is 10.6 Å². The summed E-state index contributed by atoms with van der Waals surface area (Å²) >= 11 is 0. The average Bonchev–Trinajstić information content (AvgIpc) is 3.10. The Hall–Kier alpha value is -4.00. The van der Waals surface area contributed by atoms with Gasteiger partial charge >= 0.3 is 0 Å². The summed E-state index contributed by atoms with van der Waals surface area (Å²) in [6, 6.07) is 18.7. The molecule has 4 rings (SSSR count). The van der Waals surface area contributed by atoms with E-state index in [0.717, 1.165) is 33.8 Å². The van der Waals surface area contributed by atoms with E-state index >= 15 is 0 Å². The zero-order chi connectivity index (χ0) is 22.8. The van der Waals surface area contributed by atoms with Crippen molar-refractivity contribution < 1.29 is 4.79 Å². The van der Waals surface area contributed by atoms with Gasteiger partial charge in [0.15, 0.2) is 0 Å². The van der Waals surface area contributed by atoms with Gasteiger partial charge in [-0.05, 0) is 51.0 Å². The molecule has 0 saturated heterocycles. The van der Waals surface area contributed by atoms with Crippen LogP contribution in [0.1, 0.15) is 22.5 Å². The van der Waals surface area contributed by atoms with Crippen LogP contribution in [0.3, 0.4) is 0 Å². The lowest BCUT2D eigenvalue weighted by Crippen LogP contribution is -2.32. The van der Waals surface area contributed by atoms with Crippen molar-refractivity contribution in [2.45, 2.75) is 34.2 Å². The number of nitrogens with zero attached hydrogens (tertiary/aromatic N) is 4. The number of carbonyl (C=O) groups is 1. The van der Waals surface area contributed by atoms with Crippen LogP contribution >= 0.6 is 0 Å². The second-order valence-corrected chi connectivity index (χ2v) is 7.94. The fraction of sp³-hybridized carbons (Fsp3) is 0.200. The van der Waals surface area contributed by atoms with E-state index in [9.17, 15) is 9.59 Å². The molecule has 162 valence electrons. The molecule has 0 bridgehead atoms. The van der Waals surface area contributed by atoms with Crippen molar-refractivity contribution >= 4 is 11.6 Å². The molecule has 2 aromatic carbocycles. The van der Waals surface area contributed by atoms with Crippen molar-refractivity contribution in [3.05, 3.63) is 93.5 Å². The van der Waals surface area contributed by atoms with E-state index in [2.05, 4.69) is 10.4 Å². The summed E-state index contributed by atoms with van der Waals surface area (Å²) in [4.78, 5) is 30.8. The van der Waals surface area contributed by atoms with Gasteiger partial charge in [-0.1, -0.05) is 42.5 Å². The minimum atomic E-state index is -0.322. The number of benzene rings is 2. The smallest absolute Gasteiger partial charge is 0.256 e. The summed E-state index contributed by atoms with van der Waals surface area (Å²) < 4.78 is 2.96. The van der Waals surface area contributed by atoms with E-state index in [1.807, 2.05) is 82.3 Å². The fourth-order valence-corrected chi connectivity index (χ4v) is 3.60. The first-order valence-corrected chi connectivity index (χ1v) is 10.4. The van der Waals surface area contributed by atoms with Crippen LogP contribution in [0.5, 0.6) is 0 Å². The Morgan fingerprint density at radius 1 is 0.969 bits per heavy atom. The molecule has 2 aromatic heterocycles. The summed E-state index contributed by atoms with van der Waals surface area (Å²) in [5, 5.41) is 7.41. The highest BCUT2D eigenvalue weighted by molar-refractivity contribution is 5.91. The van der Waals surface area contributed by atoms with Gasteiger partial charge in [0.25, 0.3) is 5.56 Å². The fourth-order valence-electron chi connectivity index (χ4n) is 3.60. The maximum atomic E-state index is 13.1. The Morgan fingerprint density at radius 3 is 2.41 bits per heavy atom. The molecule has 1 N–H and O–H groups in total. The molecule has 7 heteroatoms. The molecule has 0 radical (unpaired) electrons. The number of hydrogen-bond acceptors (Lipinski definition) is 4. The predicted molar refractivity (Wildman–Crippen MR) is 125 cm³/mol. The van der Waals surface area contributed by atoms with Gasteiger partial charge in [0.05, 0.1) is 11.4 Å². The molecule has 0 atom stereocenters. The third-order valence-corrected chi connectivity index (χ3v) is 5.23. The van der Waals surface area contributed by atoms with Crippen molar-refractivity contribution in [2.24, 2.45) is 0 Å². The number of nitrogens with one attached hydrogen (secondary N) is 1. The first-order valence-electron chi connectivity index (χ1n) is 10.4. The standard InChI is InChI=1S/C25H25N5O2/c1-16-10-11-17(2)21(12-16)26-23(31)15-29-24(32)14-22(20-8-6-5-7-9-20)27-25(29)30-19(4)13-18(3)28-30/h5-14H,15H2,1-4H3,(H,26,31). The second kappa shape index (κ2) is 8.63. The highest BCUT2D eigenvalue weighted by Gasteiger charge is 2.17. The number of anilines is 1. The van der Waals surface area contributed by atoms with Crippen molar-refractivity contribution in [3.63, 3.8) is 0 Å². The van der Waals surface area contributed by atoms with Crippen molar-refractivity contribution in [1.29, 1.82) is 0 Å². The maximum absolute atomic E-state index is 13.1. The Kier molecular flexibility index (Phi) is 5.73. The van der Waals surface area contributed by atoms with Gasteiger partial charge in [0.1, 0.15) is 6.54 Å². The molecule has 0 fully saturated rings. The quantitative estimate of drug-likeness (QED) is 0.523. The molecule has 0 unspecified atom stereocenters. The zero-order valence-electron chi connectivity index (χ0n) is 18.6. The zero-order valence-corrected chi connectivity index (χ0v) is 18.6. The topological polar surface area (TPSA) is 81.8 Å². The lowest BCUT2D eigenvalue weighted by molar-refractivity contribution is -0.116. The van der Waals surface area contributed by atoms with E-state index in [1.54, 1.807) is 4.68 Å². The van der Waals surface area contributed by atoms with Crippen LogP contribution in [-0.2, 0) is 11.3 Å². The van der Waals surface area contributed by atoms with E-state index in [4.69, 9.17) is 4.98 Å². The molecular formula is C25H25N5O2. The molecule has 0 spiro atoms. The molecule has 2 heterocycles. The molecule has 0 aliphatic carbocycles. The molecule has 1 amide bonds. The number of aromatic nitrogens is 4. The summed E-state index contributed by atoms with van der Waals surface area (Å²) in [5.41, 5.74) is 5.37. The van der Waals surface area contributed by atoms with Gasteiger partial charge in [-0.15, -0.1) is 0 Å². The normalized spacial score (nSPS) is 10.9. The Morgan fingerprint density at radius 2 is 1.72 bits per heavy atom. The van der Waals surface area contributed by atoms with Gasteiger partial charge in [-0.3, -0.25) is 14.2 Å². The van der Waals surface area contributed by atoms with Crippen LogP contribution in [0.25, 0.3) is 17.2 Å². The van der Waals surface area contributed by atoms with Gasteiger partial charge in [0, 0.05) is 23.0 Å². The van der Waals surface area contributed by atoms with Crippen molar-refractivity contribution in [3.8, 4) is 17.2 Å². The predicted octanol–water partition coefficient (Wildman–Crippen LogP) is 3.97. The minimum Gasteiger partial charge on any atom is -0.324 e. The molecule has 32 heavy (non-hydrogen) atoms. The van der Waals surface area contributed by atoms with Crippen molar-refractivity contribution in [1.82, 2.24) is 19.3 Å². The van der Waals surface area contributed by atoms with Crippen LogP contribution in [0.15, 0.2) is 65.5 Å². The third kappa shape index (κ3) is 4.37. The number of aryl methyl sites for hydroxylation is 4. The highest BCUT2D eigenvalue weighted by atomic mass is 16.2. The highest BCUT2D eigenvalue weighted by Crippen LogP contribution is 2.19. The number of hydrogen-bond donors (Lipinski definition) is 1. The summed E-state index contributed by atoms with van der Waals surface area (Å²) in [7, 11) is 0. The van der Waals surface area contributed by atoms with Crippen LogP contribution in [-0.4, -0.2) is 25.2 Å². The Bertz CT molecular complexity index is 1350. The third-order valence-electron chi connectivity index (χ3n) is 5.23. The lowest BCUT2D eigenvalue weighted by atomic mass is 10.1. The second-order valence-electron chi connectivity index (χ2n) is 7.94. The number of amides is 1. The molecule has 4 aromatic rings. The number of rotatable bonds is 5. The maximum Gasteiger partial charge on any atom is 0.256 e. The van der Waals surface area contributed by atoms with Gasteiger partial charge < -0.3 is 5.32 Å². The van der Waals surface area contributed by atoms with E-state index in [-0.39, 0.29) is 18.0 Å². The summed E-state index contributed by atoms with van der Waals surface area (Å²) in [5.74, 6) is -0.00379. The van der Waals surface area contributed by atoms with Crippen LogP contribution < -0.4 is 10.9 Å². The number of carbonyl (C=O) groups excluding carboxylic acids is 1. The van der Waals surface area contributed by atoms with Crippen molar-refractivity contribution in [2.75, 3.05) is 5.32 Å². The molecule has 0 aliphatic heterocycles. The summed E-state index contributed by atoms with van der Waals surface area (Å²) in [6.07, 6.45) is 0. The van der Waals surface area contributed by atoms with Gasteiger partial charge in [-0.2, -0.15) is 5.10 Å². The van der Waals surface area contributed by atoms with Crippen LogP contribution in [0.4, 0.5) is 5.69 Å². The van der Waals surface area contributed by atoms with E-state index in [0.29, 0.717) is 11.6 Å². The first-order chi connectivity index (χ1) is 15.3. The molecule has 7 nitrogen and oxygen atoms in total. The Labute approximate surface area is 186 Å². The average molecular weight is 428 g/mol.